The minimum atomic E-state index is 0.242. The number of hydrogen-bond acceptors (Lipinski definition) is 1. The molecule has 0 spiro atoms. The van der Waals surface area contributed by atoms with E-state index in [9.17, 15) is 4.79 Å². The molecule has 1 aromatic rings. The molecule has 18 heavy (non-hydrogen) atoms. The average Bonchev–Trinajstić information content (AvgIpc) is 2.94. The smallest absolute Gasteiger partial charge is 0.227 e. The Morgan fingerprint density at radius 1 is 1.33 bits per heavy atom. The van der Waals surface area contributed by atoms with Gasteiger partial charge in [0.15, 0.2) is 0 Å². The molecule has 1 N–H and O–H groups in total. The number of anilines is 1. The molecular weight excluding hydrogens is 337 g/mol. The summed E-state index contributed by atoms with van der Waals surface area (Å²) < 4.78 is 1.21. The van der Waals surface area contributed by atoms with Crippen molar-refractivity contribution in [3.63, 3.8) is 0 Å². The van der Waals surface area contributed by atoms with Gasteiger partial charge in [0.1, 0.15) is 0 Å². The number of aryl methyl sites for hydroxylation is 1. The molecule has 2 fully saturated rings. The Morgan fingerprint density at radius 3 is 2.78 bits per heavy atom. The van der Waals surface area contributed by atoms with E-state index in [0.717, 1.165) is 23.6 Å². The summed E-state index contributed by atoms with van der Waals surface area (Å²) >= 11 is 2.30. The number of benzene rings is 1. The van der Waals surface area contributed by atoms with E-state index < -0.39 is 0 Å². The first-order valence-corrected chi connectivity index (χ1v) is 7.78. The Morgan fingerprint density at radius 2 is 2.17 bits per heavy atom. The Bertz CT molecular complexity index is 485. The normalized spacial score (nSPS) is 29.6. The van der Waals surface area contributed by atoms with Crippen molar-refractivity contribution < 1.29 is 4.79 Å². The second-order valence-corrected chi connectivity index (χ2v) is 6.98. The predicted molar refractivity (Wildman–Crippen MR) is 81.5 cm³/mol. The van der Waals surface area contributed by atoms with Gasteiger partial charge in [-0.05, 0) is 84.4 Å². The fourth-order valence-electron chi connectivity index (χ4n) is 3.56. The molecule has 1 amide bonds. The van der Waals surface area contributed by atoms with Gasteiger partial charge in [0, 0.05) is 15.2 Å². The highest BCUT2D eigenvalue weighted by atomic mass is 127. The van der Waals surface area contributed by atoms with E-state index in [4.69, 9.17) is 0 Å². The first-order valence-electron chi connectivity index (χ1n) is 6.70. The Kier molecular flexibility index (Phi) is 3.34. The number of halogens is 1. The summed E-state index contributed by atoms with van der Waals surface area (Å²) in [4.78, 5) is 12.3. The van der Waals surface area contributed by atoms with Crippen LogP contribution in [0.4, 0.5) is 5.69 Å². The molecule has 0 aliphatic heterocycles. The zero-order chi connectivity index (χ0) is 12.7. The molecule has 0 unspecified atom stereocenters. The van der Waals surface area contributed by atoms with Crippen LogP contribution in [0.3, 0.4) is 0 Å². The fraction of sp³-hybridized carbons (Fsp3) is 0.533. The van der Waals surface area contributed by atoms with Crippen molar-refractivity contribution in [1.82, 2.24) is 0 Å². The van der Waals surface area contributed by atoms with E-state index in [-0.39, 0.29) is 11.8 Å². The third-order valence-electron chi connectivity index (χ3n) is 4.52. The average molecular weight is 355 g/mol. The van der Waals surface area contributed by atoms with Gasteiger partial charge in [0.2, 0.25) is 5.91 Å². The molecule has 3 rings (SSSR count). The van der Waals surface area contributed by atoms with Gasteiger partial charge in [-0.15, -0.1) is 0 Å². The molecule has 1 aromatic carbocycles. The number of amides is 1. The van der Waals surface area contributed by atoms with Crippen molar-refractivity contribution in [2.45, 2.75) is 32.6 Å². The van der Waals surface area contributed by atoms with Crippen LogP contribution in [0, 0.1) is 28.2 Å². The van der Waals surface area contributed by atoms with Gasteiger partial charge in [-0.2, -0.15) is 0 Å². The third-order valence-corrected chi connectivity index (χ3v) is 5.19. The predicted octanol–water partition coefficient (Wildman–Crippen LogP) is 3.97. The highest BCUT2D eigenvalue weighted by molar-refractivity contribution is 14.1. The van der Waals surface area contributed by atoms with Crippen LogP contribution in [0.5, 0.6) is 0 Å². The molecule has 2 aliphatic rings. The number of carbonyl (C=O) groups is 1. The van der Waals surface area contributed by atoms with Crippen LogP contribution in [0.1, 0.15) is 31.2 Å². The highest BCUT2D eigenvalue weighted by Gasteiger charge is 2.43. The van der Waals surface area contributed by atoms with Crippen LogP contribution in [0.15, 0.2) is 18.2 Å². The van der Waals surface area contributed by atoms with Crippen LogP contribution in [-0.4, -0.2) is 5.91 Å². The zero-order valence-corrected chi connectivity index (χ0v) is 12.7. The van der Waals surface area contributed by atoms with Gasteiger partial charge in [-0.25, -0.2) is 0 Å². The van der Waals surface area contributed by atoms with Crippen molar-refractivity contribution in [2.24, 2.45) is 17.8 Å². The number of fused-ring (bicyclic) bond motifs is 2. The molecule has 0 radical (unpaired) electrons. The topological polar surface area (TPSA) is 29.1 Å². The summed E-state index contributed by atoms with van der Waals surface area (Å²) in [5, 5.41) is 3.12. The summed E-state index contributed by atoms with van der Waals surface area (Å²) in [7, 11) is 0. The first-order chi connectivity index (χ1) is 8.63. The van der Waals surface area contributed by atoms with Gasteiger partial charge in [-0.1, -0.05) is 6.42 Å². The van der Waals surface area contributed by atoms with Crippen LogP contribution in [-0.2, 0) is 4.79 Å². The molecule has 96 valence electrons. The number of rotatable bonds is 2. The lowest BCUT2D eigenvalue weighted by molar-refractivity contribution is -0.121. The number of hydrogen-bond donors (Lipinski definition) is 1. The van der Waals surface area contributed by atoms with E-state index in [2.05, 4.69) is 40.9 Å². The largest absolute Gasteiger partial charge is 0.326 e. The summed E-state index contributed by atoms with van der Waals surface area (Å²) in [6.07, 6.45) is 5.00. The quantitative estimate of drug-likeness (QED) is 0.799. The van der Waals surface area contributed by atoms with Crippen molar-refractivity contribution in [1.29, 1.82) is 0 Å². The van der Waals surface area contributed by atoms with Crippen molar-refractivity contribution in [2.75, 3.05) is 5.32 Å². The zero-order valence-electron chi connectivity index (χ0n) is 10.6. The lowest BCUT2D eigenvalue weighted by Crippen LogP contribution is -2.27. The van der Waals surface area contributed by atoms with Crippen LogP contribution in [0.2, 0.25) is 0 Å². The number of nitrogens with one attached hydrogen (secondary N) is 1. The summed E-state index contributed by atoms with van der Waals surface area (Å²) in [6.45, 7) is 2.05. The van der Waals surface area contributed by atoms with Crippen LogP contribution >= 0.6 is 22.6 Å². The van der Waals surface area contributed by atoms with Gasteiger partial charge in [-0.3, -0.25) is 4.79 Å². The molecule has 0 saturated heterocycles. The summed E-state index contributed by atoms with van der Waals surface area (Å²) in [5.41, 5.74) is 2.13. The minimum absolute atomic E-state index is 0.242. The molecule has 0 aromatic heterocycles. The van der Waals surface area contributed by atoms with Crippen molar-refractivity contribution in [3.05, 3.63) is 27.3 Å². The molecule has 2 bridgehead atoms. The van der Waals surface area contributed by atoms with E-state index in [1.54, 1.807) is 0 Å². The molecule has 0 heterocycles. The highest BCUT2D eigenvalue weighted by Crippen LogP contribution is 2.48. The second kappa shape index (κ2) is 4.83. The van der Waals surface area contributed by atoms with Gasteiger partial charge < -0.3 is 5.32 Å². The maximum Gasteiger partial charge on any atom is 0.227 e. The minimum Gasteiger partial charge on any atom is -0.326 e. The number of carbonyl (C=O) groups excluding carboxylic acids is 1. The van der Waals surface area contributed by atoms with E-state index in [0.29, 0.717) is 5.92 Å². The van der Waals surface area contributed by atoms with Crippen LogP contribution < -0.4 is 5.32 Å². The fourth-order valence-corrected chi connectivity index (χ4v) is 4.21. The SMILES string of the molecule is Cc1cc(I)ccc1NC(=O)[C@@H]1C[C@@H]2CC[C@H]1C2. The molecule has 2 nitrogen and oxygen atoms in total. The van der Waals surface area contributed by atoms with E-state index >= 15 is 0 Å². The molecule has 3 atom stereocenters. The van der Waals surface area contributed by atoms with Crippen molar-refractivity contribution in [3.8, 4) is 0 Å². The molecule has 3 heteroatoms. The lowest BCUT2D eigenvalue weighted by Gasteiger charge is -2.21. The maximum atomic E-state index is 12.3. The first kappa shape index (κ1) is 12.5. The van der Waals surface area contributed by atoms with Gasteiger partial charge in [0.05, 0.1) is 0 Å². The van der Waals surface area contributed by atoms with Crippen molar-refractivity contribution >= 4 is 34.2 Å². The van der Waals surface area contributed by atoms with E-state index in [1.165, 1.54) is 22.8 Å². The standard InChI is InChI=1S/C15H18INO/c1-9-6-12(16)4-5-14(9)17-15(18)13-8-10-2-3-11(13)7-10/h4-6,10-11,13H,2-3,7-8H2,1H3,(H,17,18)/t10-,11+,13-/m1/s1. The molecular formula is C15H18INO. The monoisotopic (exact) mass is 355 g/mol. The Balaban J connectivity index is 1.71. The summed E-state index contributed by atoms with van der Waals surface area (Å²) in [6, 6.07) is 6.17. The second-order valence-electron chi connectivity index (χ2n) is 5.73. The summed E-state index contributed by atoms with van der Waals surface area (Å²) in [5.74, 6) is 1.98. The lowest BCUT2D eigenvalue weighted by atomic mass is 9.88. The van der Waals surface area contributed by atoms with E-state index in [1.807, 2.05) is 12.1 Å². The van der Waals surface area contributed by atoms with Gasteiger partial charge >= 0.3 is 0 Å². The third kappa shape index (κ3) is 2.29. The molecule has 2 aliphatic carbocycles. The maximum absolute atomic E-state index is 12.3. The van der Waals surface area contributed by atoms with Gasteiger partial charge in [0.25, 0.3) is 0 Å². The Hall–Kier alpha value is -0.580. The Labute approximate surface area is 122 Å². The molecule has 2 saturated carbocycles. The van der Waals surface area contributed by atoms with Crippen LogP contribution in [0.25, 0.3) is 0 Å².